The van der Waals surface area contributed by atoms with Gasteiger partial charge in [0.1, 0.15) is 5.82 Å². The van der Waals surface area contributed by atoms with Crippen LogP contribution in [0.3, 0.4) is 0 Å². The third-order valence-corrected chi connectivity index (χ3v) is 3.83. The second-order valence-corrected chi connectivity index (χ2v) is 5.91. The standard InChI is InChI=1S/C15H17FN2OS/c1-11-10-18-15(20-11)7-8-17-14(19)6-5-12-3-2-4-13(16)9-12/h2-4,9-10H,5-8H2,1H3,(H,17,19). The molecule has 0 bridgehead atoms. The van der Waals surface area contributed by atoms with Crippen molar-refractivity contribution in [3.05, 3.63) is 51.7 Å². The maximum atomic E-state index is 13.0. The van der Waals surface area contributed by atoms with E-state index in [1.54, 1.807) is 17.4 Å². The predicted molar refractivity (Wildman–Crippen MR) is 78.3 cm³/mol. The van der Waals surface area contributed by atoms with Gasteiger partial charge in [-0.2, -0.15) is 0 Å². The van der Waals surface area contributed by atoms with E-state index in [1.807, 2.05) is 19.2 Å². The second kappa shape index (κ2) is 7.14. The quantitative estimate of drug-likeness (QED) is 0.889. The lowest BCUT2D eigenvalue weighted by Crippen LogP contribution is -2.25. The Morgan fingerprint density at radius 2 is 2.25 bits per heavy atom. The van der Waals surface area contributed by atoms with Gasteiger partial charge in [0.2, 0.25) is 5.91 Å². The summed E-state index contributed by atoms with van der Waals surface area (Å²) in [5, 5.41) is 3.89. The molecule has 0 aliphatic carbocycles. The Labute approximate surface area is 121 Å². The molecule has 2 rings (SSSR count). The molecule has 2 aromatic rings. The molecule has 0 fully saturated rings. The van der Waals surface area contributed by atoms with Crippen molar-refractivity contribution in [2.45, 2.75) is 26.2 Å². The maximum Gasteiger partial charge on any atom is 0.220 e. The van der Waals surface area contributed by atoms with E-state index in [1.165, 1.54) is 17.0 Å². The Hall–Kier alpha value is -1.75. The number of carbonyl (C=O) groups excluding carboxylic acids is 1. The third-order valence-electron chi connectivity index (χ3n) is 2.86. The van der Waals surface area contributed by atoms with Crippen molar-refractivity contribution in [1.82, 2.24) is 10.3 Å². The van der Waals surface area contributed by atoms with Gasteiger partial charge in [0, 0.05) is 30.5 Å². The highest BCUT2D eigenvalue weighted by Gasteiger charge is 2.04. The first-order chi connectivity index (χ1) is 9.63. The first kappa shape index (κ1) is 14.7. The van der Waals surface area contributed by atoms with E-state index in [9.17, 15) is 9.18 Å². The van der Waals surface area contributed by atoms with Crippen LogP contribution in [0.4, 0.5) is 4.39 Å². The minimum atomic E-state index is -0.262. The Kier molecular flexibility index (Phi) is 5.24. The van der Waals surface area contributed by atoms with Gasteiger partial charge in [-0.15, -0.1) is 11.3 Å². The van der Waals surface area contributed by atoms with Gasteiger partial charge < -0.3 is 5.32 Å². The van der Waals surface area contributed by atoms with Crippen molar-refractivity contribution in [3.8, 4) is 0 Å². The Bertz CT molecular complexity index is 583. The normalized spacial score (nSPS) is 10.5. The summed E-state index contributed by atoms with van der Waals surface area (Å²) in [7, 11) is 0. The summed E-state index contributed by atoms with van der Waals surface area (Å²) >= 11 is 1.65. The molecule has 1 amide bonds. The zero-order valence-corrected chi connectivity index (χ0v) is 12.2. The van der Waals surface area contributed by atoms with Crippen molar-refractivity contribution in [2.24, 2.45) is 0 Å². The number of rotatable bonds is 6. The molecule has 0 saturated heterocycles. The predicted octanol–water partition coefficient (Wildman–Crippen LogP) is 2.88. The molecule has 0 atom stereocenters. The molecule has 1 heterocycles. The second-order valence-electron chi connectivity index (χ2n) is 4.59. The van der Waals surface area contributed by atoms with Gasteiger partial charge in [-0.1, -0.05) is 12.1 Å². The van der Waals surface area contributed by atoms with E-state index >= 15 is 0 Å². The van der Waals surface area contributed by atoms with Gasteiger partial charge in [0.05, 0.1) is 5.01 Å². The number of nitrogens with zero attached hydrogens (tertiary/aromatic N) is 1. The molecule has 5 heteroatoms. The fourth-order valence-corrected chi connectivity index (χ4v) is 2.65. The number of halogens is 1. The number of amides is 1. The highest BCUT2D eigenvalue weighted by atomic mass is 32.1. The van der Waals surface area contributed by atoms with Gasteiger partial charge in [0.25, 0.3) is 0 Å². The molecule has 0 aliphatic heterocycles. The van der Waals surface area contributed by atoms with E-state index < -0.39 is 0 Å². The number of benzene rings is 1. The summed E-state index contributed by atoms with van der Waals surface area (Å²) in [5.74, 6) is -0.274. The summed E-state index contributed by atoms with van der Waals surface area (Å²) in [6, 6.07) is 6.35. The van der Waals surface area contributed by atoms with Crippen molar-refractivity contribution in [3.63, 3.8) is 0 Å². The SMILES string of the molecule is Cc1cnc(CCNC(=O)CCc2cccc(F)c2)s1. The van der Waals surface area contributed by atoms with Crippen LogP contribution in [-0.4, -0.2) is 17.4 Å². The van der Waals surface area contributed by atoms with Gasteiger partial charge in [-0.25, -0.2) is 9.37 Å². The minimum Gasteiger partial charge on any atom is -0.356 e. The number of aromatic nitrogens is 1. The number of hydrogen-bond donors (Lipinski definition) is 1. The summed E-state index contributed by atoms with van der Waals surface area (Å²) in [6.07, 6.45) is 3.52. The molecule has 0 saturated carbocycles. The first-order valence-corrected chi connectivity index (χ1v) is 7.37. The molecule has 0 radical (unpaired) electrons. The molecule has 20 heavy (non-hydrogen) atoms. The van der Waals surface area contributed by atoms with Gasteiger partial charge in [-0.05, 0) is 31.0 Å². The van der Waals surface area contributed by atoms with Crippen LogP contribution in [0.1, 0.15) is 21.9 Å². The van der Waals surface area contributed by atoms with Crippen LogP contribution < -0.4 is 5.32 Å². The molecule has 0 spiro atoms. The average Bonchev–Trinajstić information content (AvgIpc) is 2.82. The summed E-state index contributed by atoms with van der Waals surface area (Å²) in [4.78, 5) is 17.1. The Balaban J connectivity index is 1.68. The third kappa shape index (κ3) is 4.74. The Morgan fingerprint density at radius 1 is 1.40 bits per heavy atom. The molecule has 0 aliphatic rings. The smallest absolute Gasteiger partial charge is 0.220 e. The van der Waals surface area contributed by atoms with Crippen molar-refractivity contribution >= 4 is 17.2 Å². The minimum absolute atomic E-state index is 0.0115. The van der Waals surface area contributed by atoms with Crippen LogP contribution in [0.15, 0.2) is 30.5 Å². The van der Waals surface area contributed by atoms with Crippen LogP contribution in [0.25, 0.3) is 0 Å². The van der Waals surface area contributed by atoms with Crippen LogP contribution in [-0.2, 0) is 17.6 Å². The van der Waals surface area contributed by atoms with Crippen LogP contribution in [0.2, 0.25) is 0 Å². The molecule has 106 valence electrons. The zero-order chi connectivity index (χ0) is 14.4. The molecular formula is C15H17FN2OS. The van der Waals surface area contributed by atoms with Gasteiger partial charge in [-0.3, -0.25) is 4.79 Å². The maximum absolute atomic E-state index is 13.0. The van der Waals surface area contributed by atoms with E-state index in [4.69, 9.17) is 0 Å². The highest BCUT2D eigenvalue weighted by Crippen LogP contribution is 2.11. The molecule has 1 N–H and O–H groups in total. The van der Waals surface area contributed by atoms with Crippen LogP contribution >= 0.6 is 11.3 Å². The van der Waals surface area contributed by atoms with E-state index in [0.29, 0.717) is 19.4 Å². The number of thiazole rings is 1. The molecule has 0 unspecified atom stereocenters. The molecule has 1 aromatic heterocycles. The highest BCUT2D eigenvalue weighted by molar-refractivity contribution is 7.11. The lowest BCUT2D eigenvalue weighted by atomic mass is 10.1. The van der Waals surface area contributed by atoms with Crippen molar-refractivity contribution in [2.75, 3.05) is 6.54 Å². The molecule has 1 aromatic carbocycles. The molecular weight excluding hydrogens is 275 g/mol. The van der Waals surface area contributed by atoms with E-state index in [0.717, 1.165) is 17.0 Å². The Morgan fingerprint density at radius 3 is 2.95 bits per heavy atom. The van der Waals surface area contributed by atoms with Crippen LogP contribution in [0, 0.1) is 12.7 Å². The summed E-state index contributed by atoms with van der Waals surface area (Å²) in [6.45, 7) is 2.60. The number of carbonyl (C=O) groups is 1. The molecule has 3 nitrogen and oxygen atoms in total. The largest absolute Gasteiger partial charge is 0.356 e. The zero-order valence-electron chi connectivity index (χ0n) is 11.4. The monoisotopic (exact) mass is 292 g/mol. The van der Waals surface area contributed by atoms with Gasteiger partial charge in [0.15, 0.2) is 0 Å². The van der Waals surface area contributed by atoms with Crippen molar-refractivity contribution in [1.29, 1.82) is 0 Å². The fraction of sp³-hybridized carbons (Fsp3) is 0.333. The summed E-state index contributed by atoms with van der Waals surface area (Å²) in [5.41, 5.74) is 0.843. The number of aryl methyl sites for hydroxylation is 2. The van der Waals surface area contributed by atoms with Gasteiger partial charge >= 0.3 is 0 Å². The topological polar surface area (TPSA) is 42.0 Å². The fourth-order valence-electron chi connectivity index (χ4n) is 1.86. The van der Waals surface area contributed by atoms with Crippen molar-refractivity contribution < 1.29 is 9.18 Å². The number of hydrogen-bond acceptors (Lipinski definition) is 3. The number of nitrogens with one attached hydrogen (secondary N) is 1. The average molecular weight is 292 g/mol. The first-order valence-electron chi connectivity index (χ1n) is 6.56. The lowest BCUT2D eigenvalue weighted by molar-refractivity contribution is -0.121. The van der Waals surface area contributed by atoms with E-state index in [-0.39, 0.29) is 11.7 Å². The lowest BCUT2D eigenvalue weighted by Gasteiger charge is -2.04. The van der Waals surface area contributed by atoms with E-state index in [2.05, 4.69) is 10.3 Å². The van der Waals surface area contributed by atoms with Crippen LogP contribution in [0.5, 0.6) is 0 Å². The summed E-state index contributed by atoms with van der Waals surface area (Å²) < 4.78 is 13.0.